The summed E-state index contributed by atoms with van der Waals surface area (Å²) in [5.41, 5.74) is 1.38. The summed E-state index contributed by atoms with van der Waals surface area (Å²) < 4.78 is 31.6. The normalized spacial score (nSPS) is 11.5. The summed E-state index contributed by atoms with van der Waals surface area (Å²) >= 11 is 0. The summed E-state index contributed by atoms with van der Waals surface area (Å²) in [6, 6.07) is 13.4. The summed E-state index contributed by atoms with van der Waals surface area (Å²) in [7, 11) is -0.442. The van der Waals surface area contributed by atoms with Crippen LogP contribution in [0, 0.1) is 0 Å². The van der Waals surface area contributed by atoms with Gasteiger partial charge in [-0.25, -0.2) is 8.42 Å². The van der Waals surface area contributed by atoms with E-state index >= 15 is 0 Å². The largest absolute Gasteiger partial charge is 0.497 e. The van der Waals surface area contributed by atoms with Crippen LogP contribution >= 0.6 is 0 Å². The quantitative estimate of drug-likeness (QED) is 0.587. The molecule has 0 unspecified atom stereocenters. The van der Waals surface area contributed by atoms with Gasteiger partial charge in [-0.15, -0.1) is 6.58 Å². The van der Waals surface area contributed by atoms with Gasteiger partial charge in [0, 0.05) is 31.7 Å². The molecule has 0 saturated heterocycles. The fourth-order valence-corrected chi connectivity index (χ4v) is 4.09. The average molecular weight is 417 g/mol. The number of carbonyl (C=O) groups is 1. The standard InChI is InChI=1S/C22H28N2O4S/c1-6-15-24(16-18-7-11-20(28-5)12-8-18)22(25)19-9-13-21(14-10-19)29(26,27)23(4)17(2)3/h6-14,17H,1,15-16H2,2-5H3. The fourth-order valence-electron chi connectivity index (χ4n) is 2.72. The molecular formula is C22H28N2O4S. The summed E-state index contributed by atoms with van der Waals surface area (Å²) in [5.74, 6) is 0.556. The highest BCUT2D eigenvalue weighted by molar-refractivity contribution is 7.89. The molecule has 0 saturated carbocycles. The van der Waals surface area contributed by atoms with Crippen molar-refractivity contribution in [3.63, 3.8) is 0 Å². The molecule has 6 nitrogen and oxygen atoms in total. The second-order valence-electron chi connectivity index (χ2n) is 6.96. The number of carbonyl (C=O) groups excluding carboxylic acids is 1. The van der Waals surface area contributed by atoms with Crippen molar-refractivity contribution in [1.29, 1.82) is 0 Å². The Hall–Kier alpha value is -2.64. The zero-order valence-electron chi connectivity index (χ0n) is 17.3. The monoisotopic (exact) mass is 416 g/mol. The number of amides is 1. The van der Waals surface area contributed by atoms with E-state index < -0.39 is 10.0 Å². The zero-order chi connectivity index (χ0) is 21.6. The minimum absolute atomic E-state index is 0.158. The molecule has 2 rings (SSSR count). The van der Waals surface area contributed by atoms with Crippen LogP contribution in [0.15, 0.2) is 66.1 Å². The summed E-state index contributed by atoms with van der Waals surface area (Å²) in [5, 5.41) is 0. The maximum atomic E-state index is 13.0. The van der Waals surface area contributed by atoms with E-state index in [9.17, 15) is 13.2 Å². The molecule has 0 bridgehead atoms. The van der Waals surface area contributed by atoms with Gasteiger partial charge in [-0.3, -0.25) is 4.79 Å². The van der Waals surface area contributed by atoms with Crippen LogP contribution in [-0.2, 0) is 16.6 Å². The molecule has 0 atom stereocenters. The van der Waals surface area contributed by atoms with Gasteiger partial charge in [0.05, 0.1) is 12.0 Å². The summed E-state index contributed by atoms with van der Waals surface area (Å²) in [4.78, 5) is 14.8. The Labute approximate surface area is 173 Å². The molecule has 0 N–H and O–H groups in total. The Kier molecular flexibility index (Phi) is 7.59. The lowest BCUT2D eigenvalue weighted by Gasteiger charge is -2.23. The second kappa shape index (κ2) is 9.71. The van der Waals surface area contributed by atoms with Crippen molar-refractivity contribution in [3.8, 4) is 5.75 Å². The Balaban J connectivity index is 2.22. The maximum Gasteiger partial charge on any atom is 0.254 e. The number of nitrogens with zero attached hydrogens (tertiary/aromatic N) is 2. The molecule has 0 aliphatic carbocycles. The van der Waals surface area contributed by atoms with E-state index in [2.05, 4.69) is 6.58 Å². The van der Waals surface area contributed by atoms with Crippen molar-refractivity contribution in [2.75, 3.05) is 20.7 Å². The van der Waals surface area contributed by atoms with Gasteiger partial charge in [0.2, 0.25) is 10.0 Å². The van der Waals surface area contributed by atoms with Crippen molar-refractivity contribution >= 4 is 15.9 Å². The van der Waals surface area contributed by atoms with E-state index in [0.29, 0.717) is 18.7 Å². The highest BCUT2D eigenvalue weighted by Crippen LogP contribution is 2.19. The number of rotatable bonds is 9. The minimum Gasteiger partial charge on any atom is -0.497 e. The number of methoxy groups -OCH3 is 1. The average Bonchev–Trinajstić information content (AvgIpc) is 2.72. The third-order valence-electron chi connectivity index (χ3n) is 4.67. The Bertz CT molecular complexity index is 936. The van der Waals surface area contributed by atoms with Gasteiger partial charge < -0.3 is 9.64 Å². The first-order valence-corrected chi connectivity index (χ1v) is 10.8. The van der Waals surface area contributed by atoms with Crippen molar-refractivity contribution in [1.82, 2.24) is 9.21 Å². The van der Waals surface area contributed by atoms with Crippen LogP contribution in [0.1, 0.15) is 29.8 Å². The molecule has 0 radical (unpaired) electrons. The number of ether oxygens (including phenoxy) is 1. The van der Waals surface area contributed by atoms with Crippen LogP contribution in [0.5, 0.6) is 5.75 Å². The van der Waals surface area contributed by atoms with Gasteiger partial charge in [-0.05, 0) is 55.8 Å². The second-order valence-corrected chi connectivity index (χ2v) is 8.96. The number of hydrogen-bond acceptors (Lipinski definition) is 4. The van der Waals surface area contributed by atoms with Crippen LogP contribution in [0.25, 0.3) is 0 Å². The van der Waals surface area contributed by atoms with Gasteiger partial charge in [0.15, 0.2) is 0 Å². The molecule has 1 amide bonds. The highest BCUT2D eigenvalue weighted by atomic mass is 32.2. The molecule has 7 heteroatoms. The molecule has 0 heterocycles. The summed E-state index contributed by atoms with van der Waals surface area (Å²) in [6.07, 6.45) is 1.66. The first-order valence-electron chi connectivity index (χ1n) is 9.32. The van der Waals surface area contributed by atoms with Crippen molar-refractivity contribution in [2.45, 2.75) is 31.3 Å². The first kappa shape index (κ1) is 22.6. The lowest BCUT2D eigenvalue weighted by Crippen LogP contribution is -2.33. The van der Waals surface area contributed by atoms with Crippen LogP contribution in [-0.4, -0.2) is 50.3 Å². The smallest absolute Gasteiger partial charge is 0.254 e. The molecular weight excluding hydrogens is 388 g/mol. The van der Waals surface area contributed by atoms with Gasteiger partial charge in [0.1, 0.15) is 5.75 Å². The zero-order valence-corrected chi connectivity index (χ0v) is 18.1. The molecule has 0 aromatic heterocycles. The molecule has 0 fully saturated rings. The van der Waals surface area contributed by atoms with Crippen molar-refractivity contribution in [3.05, 3.63) is 72.3 Å². The molecule has 0 aliphatic heterocycles. The topological polar surface area (TPSA) is 66.9 Å². The molecule has 0 aliphatic rings. The molecule has 156 valence electrons. The predicted octanol–water partition coefficient (Wildman–Crippen LogP) is 3.55. The van der Waals surface area contributed by atoms with Gasteiger partial charge in [-0.2, -0.15) is 4.31 Å². The van der Waals surface area contributed by atoms with E-state index in [0.717, 1.165) is 11.3 Å². The number of benzene rings is 2. The lowest BCUT2D eigenvalue weighted by atomic mass is 10.1. The summed E-state index contributed by atoms with van der Waals surface area (Å²) in [6.45, 7) is 8.13. The Morgan fingerprint density at radius 3 is 2.17 bits per heavy atom. The maximum absolute atomic E-state index is 13.0. The van der Waals surface area contributed by atoms with E-state index in [1.165, 1.54) is 16.4 Å². The highest BCUT2D eigenvalue weighted by Gasteiger charge is 2.23. The molecule has 2 aromatic rings. The minimum atomic E-state index is -3.59. The van der Waals surface area contributed by atoms with E-state index in [1.54, 1.807) is 37.3 Å². The first-order chi connectivity index (χ1) is 13.7. The van der Waals surface area contributed by atoms with E-state index in [1.807, 2.05) is 38.1 Å². The Morgan fingerprint density at radius 2 is 1.69 bits per heavy atom. The van der Waals surface area contributed by atoms with E-state index in [-0.39, 0.29) is 16.8 Å². The van der Waals surface area contributed by atoms with Gasteiger partial charge in [0.25, 0.3) is 5.91 Å². The lowest BCUT2D eigenvalue weighted by molar-refractivity contribution is 0.0762. The van der Waals surface area contributed by atoms with Gasteiger partial charge >= 0.3 is 0 Å². The fraction of sp³-hybridized carbons (Fsp3) is 0.318. The van der Waals surface area contributed by atoms with Crippen molar-refractivity contribution in [2.24, 2.45) is 0 Å². The van der Waals surface area contributed by atoms with Crippen LogP contribution < -0.4 is 4.74 Å². The van der Waals surface area contributed by atoms with E-state index in [4.69, 9.17) is 4.74 Å². The third kappa shape index (κ3) is 5.46. The predicted molar refractivity (Wildman–Crippen MR) is 114 cm³/mol. The number of hydrogen-bond donors (Lipinski definition) is 0. The van der Waals surface area contributed by atoms with Crippen LogP contribution in [0.2, 0.25) is 0 Å². The SMILES string of the molecule is C=CCN(Cc1ccc(OC)cc1)C(=O)c1ccc(S(=O)(=O)N(C)C(C)C)cc1. The van der Waals surface area contributed by atoms with Crippen molar-refractivity contribution < 1.29 is 17.9 Å². The molecule has 29 heavy (non-hydrogen) atoms. The van der Waals surface area contributed by atoms with Crippen LogP contribution in [0.4, 0.5) is 0 Å². The molecule has 0 spiro atoms. The van der Waals surface area contributed by atoms with Gasteiger partial charge in [-0.1, -0.05) is 18.2 Å². The third-order valence-corrected chi connectivity index (χ3v) is 6.72. The Morgan fingerprint density at radius 1 is 1.10 bits per heavy atom. The number of sulfonamides is 1. The van der Waals surface area contributed by atoms with Crippen LogP contribution in [0.3, 0.4) is 0 Å². The molecule has 2 aromatic carbocycles.